The molecule has 2 fully saturated rings. The molecule has 0 saturated carbocycles. The van der Waals surface area contributed by atoms with Crippen molar-refractivity contribution in [2.24, 2.45) is 0 Å². The second-order valence-corrected chi connectivity index (χ2v) is 7.36. The monoisotopic (exact) mass is 395 g/mol. The summed E-state index contributed by atoms with van der Waals surface area (Å²) < 4.78 is 0. The molecule has 2 aromatic rings. The smallest absolute Gasteiger partial charge is 0.309 e. The van der Waals surface area contributed by atoms with Crippen LogP contribution in [-0.2, 0) is 27.7 Å². The molecule has 3 amide bonds. The first-order valence-electron chi connectivity index (χ1n) is 9.84. The number of likely N-dealkylation sites (N-methyl/N-ethyl adjacent to an activating group) is 1. The van der Waals surface area contributed by atoms with Crippen molar-refractivity contribution in [1.82, 2.24) is 15.0 Å². The van der Waals surface area contributed by atoms with E-state index in [2.05, 4.69) is 0 Å². The van der Waals surface area contributed by atoms with Crippen LogP contribution in [0.15, 0.2) is 60.7 Å². The number of urea groups is 1. The number of rotatable bonds is 7. The maximum atomic E-state index is 12.9. The highest BCUT2D eigenvalue weighted by Crippen LogP contribution is 2.31. The first kappa shape index (κ1) is 19.4. The lowest BCUT2D eigenvalue weighted by atomic mass is 10.0. The summed E-state index contributed by atoms with van der Waals surface area (Å²) in [6.45, 7) is 1.13. The molecule has 0 N–H and O–H groups in total. The molecule has 152 valence electrons. The molecule has 0 radical (unpaired) electrons. The van der Waals surface area contributed by atoms with E-state index in [0.717, 1.165) is 17.5 Å². The van der Waals surface area contributed by atoms with Crippen molar-refractivity contribution in [3.05, 3.63) is 71.8 Å². The summed E-state index contributed by atoms with van der Waals surface area (Å²) in [5.41, 5.74) is 1.98. The average Bonchev–Trinajstić information content (AvgIpc) is 3.01. The summed E-state index contributed by atoms with van der Waals surface area (Å²) in [5.74, 6) is -0.211. The molecule has 4 rings (SSSR count). The lowest BCUT2D eigenvalue weighted by Crippen LogP contribution is -2.50. The van der Waals surface area contributed by atoms with Crippen LogP contribution in [0.2, 0.25) is 0 Å². The van der Waals surface area contributed by atoms with Crippen molar-refractivity contribution in [2.45, 2.75) is 38.1 Å². The molecule has 0 spiro atoms. The number of carbonyl (C=O) groups is 2. The maximum absolute atomic E-state index is 12.9. The molecule has 0 aromatic heterocycles. The summed E-state index contributed by atoms with van der Waals surface area (Å²) in [4.78, 5) is 38.7. The van der Waals surface area contributed by atoms with E-state index in [0.29, 0.717) is 26.2 Å². The Morgan fingerprint density at radius 1 is 1.00 bits per heavy atom. The molecule has 2 aliphatic rings. The minimum Gasteiger partial charge on any atom is -0.309 e. The van der Waals surface area contributed by atoms with E-state index in [4.69, 9.17) is 9.68 Å². The standard InChI is InChI=1S/C22H25N3O4/c1-23(28-15-17-8-4-2-5-9-17)21(26)20-13-12-19-14-24(20)22(27)25(19)29-16-18-10-6-3-7-11-18/h2-11,19-20H,12-16H2,1H3/t19?,20-/m0/s1. The van der Waals surface area contributed by atoms with Crippen LogP contribution in [0.4, 0.5) is 4.79 Å². The van der Waals surface area contributed by atoms with Gasteiger partial charge >= 0.3 is 6.03 Å². The van der Waals surface area contributed by atoms with Gasteiger partial charge in [0.2, 0.25) is 0 Å². The molecule has 2 heterocycles. The molecule has 2 aliphatic heterocycles. The molecule has 29 heavy (non-hydrogen) atoms. The van der Waals surface area contributed by atoms with Crippen molar-refractivity contribution >= 4 is 11.9 Å². The molecule has 7 nitrogen and oxygen atoms in total. The SMILES string of the molecule is CN(OCc1ccccc1)C(=O)[C@@H]1CCC2CN1C(=O)N2OCc1ccccc1. The van der Waals surface area contributed by atoms with Gasteiger partial charge in [-0.1, -0.05) is 60.7 Å². The predicted molar refractivity (Wildman–Crippen MR) is 106 cm³/mol. The van der Waals surface area contributed by atoms with E-state index >= 15 is 0 Å². The Morgan fingerprint density at radius 2 is 1.62 bits per heavy atom. The second kappa shape index (κ2) is 8.63. The van der Waals surface area contributed by atoms with Gasteiger partial charge in [-0.05, 0) is 24.0 Å². The average molecular weight is 395 g/mol. The van der Waals surface area contributed by atoms with Crippen molar-refractivity contribution in [3.8, 4) is 0 Å². The Labute approximate surface area is 170 Å². The number of fused-ring (bicyclic) bond motifs is 2. The normalized spacial score (nSPS) is 20.8. The Morgan fingerprint density at radius 3 is 2.28 bits per heavy atom. The van der Waals surface area contributed by atoms with Gasteiger partial charge in [-0.25, -0.2) is 9.86 Å². The van der Waals surface area contributed by atoms with E-state index in [1.807, 2.05) is 60.7 Å². The van der Waals surface area contributed by atoms with Gasteiger partial charge in [0.1, 0.15) is 19.3 Å². The van der Waals surface area contributed by atoms with Gasteiger partial charge in [-0.15, -0.1) is 0 Å². The van der Waals surface area contributed by atoms with Crippen LogP contribution >= 0.6 is 0 Å². The highest BCUT2D eigenvalue weighted by atomic mass is 16.7. The number of hydrogen-bond donors (Lipinski definition) is 0. The summed E-state index contributed by atoms with van der Waals surface area (Å²) in [5, 5.41) is 2.68. The van der Waals surface area contributed by atoms with Crippen molar-refractivity contribution in [2.75, 3.05) is 13.6 Å². The zero-order chi connectivity index (χ0) is 20.2. The van der Waals surface area contributed by atoms with Crippen LogP contribution in [0.1, 0.15) is 24.0 Å². The van der Waals surface area contributed by atoms with E-state index in [9.17, 15) is 9.59 Å². The first-order valence-corrected chi connectivity index (χ1v) is 9.84. The van der Waals surface area contributed by atoms with Crippen LogP contribution in [-0.4, -0.2) is 52.6 Å². The Hall–Kier alpha value is -2.90. The number of hydroxylamine groups is 4. The predicted octanol–water partition coefficient (Wildman–Crippen LogP) is 2.98. The van der Waals surface area contributed by atoms with Crippen LogP contribution in [0.25, 0.3) is 0 Å². The van der Waals surface area contributed by atoms with Crippen LogP contribution < -0.4 is 0 Å². The van der Waals surface area contributed by atoms with Crippen molar-refractivity contribution < 1.29 is 19.3 Å². The number of carbonyl (C=O) groups excluding carboxylic acids is 2. The highest BCUT2D eigenvalue weighted by molar-refractivity contribution is 5.87. The fourth-order valence-electron chi connectivity index (χ4n) is 3.79. The summed E-state index contributed by atoms with van der Waals surface area (Å²) in [7, 11) is 1.60. The van der Waals surface area contributed by atoms with Crippen molar-refractivity contribution in [3.63, 3.8) is 0 Å². The number of benzene rings is 2. The van der Waals surface area contributed by atoms with E-state index in [-0.39, 0.29) is 18.0 Å². The van der Waals surface area contributed by atoms with Crippen LogP contribution in [0, 0.1) is 0 Å². The van der Waals surface area contributed by atoms with Gasteiger partial charge in [0.05, 0.1) is 6.04 Å². The van der Waals surface area contributed by atoms with Gasteiger partial charge < -0.3 is 4.90 Å². The molecule has 2 saturated heterocycles. The highest BCUT2D eigenvalue weighted by Gasteiger charge is 2.48. The van der Waals surface area contributed by atoms with Gasteiger partial charge in [0, 0.05) is 13.6 Å². The van der Waals surface area contributed by atoms with Crippen molar-refractivity contribution in [1.29, 1.82) is 0 Å². The van der Waals surface area contributed by atoms with Crippen LogP contribution in [0.5, 0.6) is 0 Å². The molecule has 1 unspecified atom stereocenters. The third-order valence-electron chi connectivity index (χ3n) is 5.40. The zero-order valence-electron chi connectivity index (χ0n) is 16.4. The third-order valence-corrected chi connectivity index (χ3v) is 5.40. The molecular weight excluding hydrogens is 370 g/mol. The fourth-order valence-corrected chi connectivity index (χ4v) is 3.79. The first-order chi connectivity index (χ1) is 14.1. The minimum absolute atomic E-state index is 0.0224. The summed E-state index contributed by atoms with van der Waals surface area (Å²) in [6, 6.07) is 18.6. The van der Waals surface area contributed by atoms with Crippen LogP contribution in [0.3, 0.4) is 0 Å². The summed E-state index contributed by atoms with van der Waals surface area (Å²) >= 11 is 0. The van der Waals surface area contributed by atoms with Gasteiger partial charge in [-0.3, -0.25) is 14.5 Å². The molecule has 2 atom stereocenters. The topological polar surface area (TPSA) is 62.3 Å². The molecule has 7 heteroatoms. The number of piperidine rings is 1. The lowest BCUT2D eigenvalue weighted by molar-refractivity contribution is -0.187. The fraction of sp³-hybridized carbons (Fsp3) is 0.364. The third kappa shape index (κ3) is 4.26. The Balaban J connectivity index is 1.34. The molecule has 0 aliphatic carbocycles. The number of nitrogens with zero attached hydrogens (tertiary/aromatic N) is 3. The largest absolute Gasteiger partial charge is 0.345 e. The molecular formula is C22H25N3O4. The van der Waals surface area contributed by atoms with Gasteiger partial charge in [0.15, 0.2) is 0 Å². The lowest BCUT2D eigenvalue weighted by Gasteiger charge is -2.31. The number of amides is 3. The Kier molecular flexibility index (Phi) is 5.78. The minimum atomic E-state index is -0.523. The van der Waals surface area contributed by atoms with E-state index in [1.54, 1.807) is 11.9 Å². The second-order valence-electron chi connectivity index (χ2n) is 7.36. The van der Waals surface area contributed by atoms with E-state index in [1.165, 1.54) is 10.1 Å². The Bertz CT molecular complexity index is 846. The zero-order valence-corrected chi connectivity index (χ0v) is 16.4. The van der Waals surface area contributed by atoms with E-state index < -0.39 is 6.04 Å². The molecule has 2 aromatic carbocycles. The summed E-state index contributed by atoms with van der Waals surface area (Å²) in [6.07, 6.45) is 1.32. The van der Waals surface area contributed by atoms with Gasteiger partial charge in [0.25, 0.3) is 5.91 Å². The molecule has 2 bridgehead atoms. The quantitative estimate of drug-likeness (QED) is 0.676. The number of hydrogen-bond acceptors (Lipinski definition) is 4. The maximum Gasteiger partial charge on any atom is 0.345 e. The van der Waals surface area contributed by atoms with Gasteiger partial charge in [-0.2, -0.15) is 5.06 Å².